The Balaban J connectivity index is 1.65. The van der Waals surface area contributed by atoms with Crippen LogP contribution in [-0.2, 0) is 22.4 Å². The second kappa shape index (κ2) is 10.3. The van der Waals surface area contributed by atoms with Gasteiger partial charge in [0.1, 0.15) is 35.6 Å². The van der Waals surface area contributed by atoms with Crippen LogP contribution in [0.1, 0.15) is 32.4 Å². The third-order valence-electron chi connectivity index (χ3n) is 6.65. The van der Waals surface area contributed by atoms with Crippen LogP contribution >= 0.6 is 0 Å². The molecule has 0 saturated carbocycles. The normalized spacial score (nSPS) is 16.5. The van der Waals surface area contributed by atoms with Gasteiger partial charge in [-0.2, -0.15) is 5.26 Å². The summed E-state index contributed by atoms with van der Waals surface area (Å²) in [6, 6.07) is 5.93. The Hall–Kier alpha value is -2.34. The lowest BCUT2D eigenvalue weighted by Gasteiger charge is -2.38. The van der Waals surface area contributed by atoms with Gasteiger partial charge in [-0.25, -0.2) is 9.97 Å². The van der Waals surface area contributed by atoms with Gasteiger partial charge in [-0.3, -0.25) is 4.57 Å². The van der Waals surface area contributed by atoms with E-state index >= 15 is 0 Å². The highest BCUT2D eigenvalue weighted by atomic mass is 32.2. The zero-order valence-corrected chi connectivity index (χ0v) is 21.0. The second-order valence-corrected chi connectivity index (χ2v) is 11.8. The SMILES string of the molecule is CCN1CCC(C)(COc2ccnc3c2c2cc(C#N)ncc2n3COCC[S+](C)C)CC1. The van der Waals surface area contributed by atoms with Gasteiger partial charge < -0.3 is 14.4 Å². The lowest BCUT2D eigenvalue weighted by atomic mass is 9.81. The topological polar surface area (TPSA) is 76.2 Å². The third-order valence-corrected chi connectivity index (χ3v) is 7.63. The summed E-state index contributed by atoms with van der Waals surface area (Å²) in [5.41, 5.74) is 2.25. The van der Waals surface area contributed by atoms with Crippen molar-refractivity contribution in [3.8, 4) is 11.8 Å². The Morgan fingerprint density at radius 2 is 2.03 bits per heavy atom. The Morgan fingerprint density at radius 3 is 2.73 bits per heavy atom. The van der Waals surface area contributed by atoms with Crippen molar-refractivity contribution >= 4 is 32.8 Å². The van der Waals surface area contributed by atoms with Gasteiger partial charge in [0.15, 0.2) is 0 Å². The number of nitriles is 1. The van der Waals surface area contributed by atoms with Gasteiger partial charge in [0.25, 0.3) is 0 Å². The minimum atomic E-state index is 0.153. The fourth-order valence-corrected chi connectivity index (χ4v) is 4.82. The summed E-state index contributed by atoms with van der Waals surface area (Å²) in [4.78, 5) is 11.5. The Morgan fingerprint density at radius 1 is 1.24 bits per heavy atom. The zero-order chi connectivity index (χ0) is 23.4. The van der Waals surface area contributed by atoms with Crippen LogP contribution < -0.4 is 4.74 Å². The van der Waals surface area contributed by atoms with Crippen LogP contribution in [0.15, 0.2) is 24.5 Å². The summed E-state index contributed by atoms with van der Waals surface area (Å²) in [5, 5.41) is 11.3. The van der Waals surface area contributed by atoms with E-state index in [0.717, 1.165) is 65.9 Å². The molecule has 1 fully saturated rings. The van der Waals surface area contributed by atoms with Crippen LogP contribution in [0.2, 0.25) is 0 Å². The van der Waals surface area contributed by atoms with E-state index in [-0.39, 0.29) is 5.41 Å². The molecule has 0 N–H and O–H groups in total. The number of rotatable bonds is 9. The number of likely N-dealkylation sites (tertiary alicyclic amines) is 1. The number of hydrogen-bond donors (Lipinski definition) is 0. The van der Waals surface area contributed by atoms with Crippen molar-refractivity contribution in [1.82, 2.24) is 19.4 Å². The Labute approximate surface area is 199 Å². The van der Waals surface area contributed by atoms with Crippen molar-refractivity contribution in [1.29, 1.82) is 5.26 Å². The molecular formula is C25H34N5O2S+. The van der Waals surface area contributed by atoms with Crippen LogP contribution in [0, 0.1) is 16.7 Å². The molecule has 176 valence electrons. The quantitative estimate of drug-likeness (QED) is 0.351. The molecule has 33 heavy (non-hydrogen) atoms. The smallest absolute Gasteiger partial charge is 0.146 e. The number of piperidine rings is 1. The number of hydrogen-bond acceptors (Lipinski definition) is 6. The molecule has 0 aromatic carbocycles. The third kappa shape index (κ3) is 5.26. The molecule has 0 bridgehead atoms. The number of pyridine rings is 2. The molecule has 0 atom stereocenters. The van der Waals surface area contributed by atoms with E-state index < -0.39 is 0 Å². The van der Waals surface area contributed by atoms with E-state index in [9.17, 15) is 5.26 Å². The van der Waals surface area contributed by atoms with Crippen molar-refractivity contribution in [2.75, 3.05) is 51.1 Å². The molecule has 0 radical (unpaired) electrons. The van der Waals surface area contributed by atoms with E-state index in [1.165, 1.54) is 0 Å². The second-order valence-electron chi connectivity index (χ2n) is 9.39. The summed E-state index contributed by atoms with van der Waals surface area (Å²) in [6.07, 6.45) is 10.2. The summed E-state index contributed by atoms with van der Waals surface area (Å²) in [5.74, 6) is 1.84. The average Bonchev–Trinajstić information content (AvgIpc) is 3.14. The van der Waals surface area contributed by atoms with E-state index in [0.29, 0.717) is 36.5 Å². The van der Waals surface area contributed by atoms with Gasteiger partial charge in [-0.05, 0) is 55.5 Å². The van der Waals surface area contributed by atoms with E-state index in [4.69, 9.17) is 9.47 Å². The van der Waals surface area contributed by atoms with Gasteiger partial charge in [0, 0.05) is 17.0 Å². The number of fused-ring (bicyclic) bond motifs is 3. The van der Waals surface area contributed by atoms with Gasteiger partial charge in [-0.15, -0.1) is 0 Å². The average molecular weight is 469 g/mol. The minimum Gasteiger partial charge on any atom is -0.492 e. The highest BCUT2D eigenvalue weighted by Crippen LogP contribution is 2.37. The highest BCUT2D eigenvalue weighted by Gasteiger charge is 2.31. The van der Waals surface area contributed by atoms with E-state index in [2.05, 4.69) is 47.3 Å². The Kier molecular flexibility index (Phi) is 7.42. The molecule has 0 aliphatic carbocycles. The van der Waals surface area contributed by atoms with Gasteiger partial charge in [0.05, 0.1) is 42.8 Å². The maximum absolute atomic E-state index is 9.43. The van der Waals surface area contributed by atoms with Crippen molar-refractivity contribution in [3.63, 3.8) is 0 Å². The molecular weight excluding hydrogens is 434 g/mol. The highest BCUT2D eigenvalue weighted by molar-refractivity contribution is 7.95. The predicted molar refractivity (Wildman–Crippen MR) is 135 cm³/mol. The van der Waals surface area contributed by atoms with Crippen molar-refractivity contribution in [3.05, 3.63) is 30.2 Å². The molecule has 4 rings (SSSR count). The number of aromatic nitrogens is 3. The molecule has 1 aliphatic heterocycles. The summed E-state index contributed by atoms with van der Waals surface area (Å²) >= 11 is 0. The molecule has 3 aromatic heterocycles. The molecule has 0 unspecified atom stereocenters. The van der Waals surface area contributed by atoms with Crippen LogP contribution in [0.5, 0.6) is 5.75 Å². The lowest BCUT2D eigenvalue weighted by Crippen LogP contribution is -2.41. The van der Waals surface area contributed by atoms with Gasteiger partial charge in [0.2, 0.25) is 0 Å². The molecule has 0 spiro atoms. The molecule has 1 saturated heterocycles. The molecule has 1 aliphatic rings. The van der Waals surface area contributed by atoms with Crippen LogP contribution in [0.3, 0.4) is 0 Å². The largest absolute Gasteiger partial charge is 0.492 e. The summed E-state index contributed by atoms with van der Waals surface area (Å²) in [7, 11) is 0.340. The fraction of sp³-hybridized carbons (Fsp3) is 0.560. The van der Waals surface area contributed by atoms with Crippen molar-refractivity contribution < 1.29 is 9.47 Å². The predicted octanol–water partition coefficient (Wildman–Crippen LogP) is 3.81. The molecule has 7 nitrogen and oxygen atoms in total. The monoisotopic (exact) mass is 468 g/mol. The van der Waals surface area contributed by atoms with Crippen LogP contribution in [0.25, 0.3) is 21.9 Å². The van der Waals surface area contributed by atoms with Crippen LogP contribution in [0.4, 0.5) is 0 Å². The summed E-state index contributed by atoms with van der Waals surface area (Å²) < 4.78 is 14.5. The first-order valence-corrected chi connectivity index (χ1v) is 13.8. The molecule has 0 amide bonds. The lowest BCUT2D eigenvalue weighted by molar-refractivity contribution is 0.0721. The van der Waals surface area contributed by atoms with E-state index in [1.807, 2.05) is 16.7 Å². The fourth-order valence-electron chi connectivity index (χ4n) is 4.37. The maximum atomic E-state index is 9.43. The summed E-state index contributed by atoms with van der Waals surface area (Å²) in [6.45, 7) is 9.65. The van der Waals surface area contributed by atoms with E-state index in [1.54, 1.807) is 12.4 Å². The minimum absolute atomic E-state index is 0.153. The standard InChI is InChI=1S/C25H34N5O2S/c1-5-29-10-7-25(2,8-11-29)17-32-22-6-9-27-24-23(22)20-14-19(15-26)28-16-21(20)30(24)18-31-12-13-33(3)4/h6,9,14,16H,5,7-8,10-13,17-18H2,1-4H3/q+1. The Bertz CT molecular complexity index is 1150. The first-order valence-electron chi connectivity index (χ1n) is 11.6. The first kappa shape index (κ1) is 23.8. The number of nitrogens with zero attached hydrogens (tertiary/aromatic N) is 5. The maximum Gasteiger partial charge on any atom is 0.146 e. The van der Waals surface area contributed by atoms with Crippen molar-refractivity contribution in [2.24, 2.45) is 5.41 Å². The van der Waals surface area contributed by atoms with Gasteiger partial charge >= 0.3 is 0 Å². The first-order chi connectivity index (χ1) is 15.9. The zero-order valence-electron chi connectivity index (χ0n) is 20.1. The van der Waals surface area contributed by atoms with Crippen LogP contribution in [-0.4, -0.2) is 70.5 Å². The van der Waals surface area contributed by atoms with Crippen molar-refractivity contribution in [2.45, 2.75) is 33.4 Å². The molecule has 4 heterocycles. The molecule has 8 heteroatoms. The molecule has 3 aromatic rings. The number of ether oxygens (including phenoxy) is 2. The van der Waals surface area contributed by atoms with Gasteiger partial charge in [-0.1, -0.05) is 13.8 Å².